The topological polar surface area (TPSA) is 100 Å². The van der Waals surface area contributed by atoms with Crippen LogP contribution in [0, 0.1) is 0 Å². The van der Waals surface area contributed by atoms with E-state index in [2.05, 4.69) is 34.4 Å². The fourth-order valence-electron chi connectivity index (χ4n) is 2.96. The summed E-state index contributed by atoms with van der Waals surface area (Å²) >= 11 is 0. The third kappa shape index (κ3) is 6.19. The van der Waals surface area contributed by atoms with Crippen LogP contribution in [0.5, 0.6) is 0 Å². The number of hydrogen-bond acceptors (Lipinski definition) is 5. The Balaban J connectivity index is 1.63. The molecule has 0 saturated heterocycles. The van der Waals surface area contributed by atoms with Gasteiger partial charge < -0.3 is 15.1 Å². The third-order valence-corrected chi connectivity index (χ3v) is 5.97. The van der Waals surface area contributed by atoms with Gasteiger partial charge in [-0.1, -0.05) is 30.3 Å². The largest absolute Gasteiger partial charge is 0.438 e. The maximum Gasteiger partial charge on any atom is 0.291 e. The van der Waals surface area contributed by atoms with Gasteiger partial charge >= 0.3 is 0 Å². The first-order chi connectivity index (χ1) is 14.5. The molecule has 0 spiro atoms. The van der Waals surface area contributed by atoms with E-state index in [-0.39, 0.29) is 16.9 Å². The van der Waals surface area contributed by atoms with Gasteiger partial charge in [-0.2, -0.15) is 0 Å². The highest BCUT2D eigenvalue weighted by Crippen LogP contribution is 2.22. The van der Waals surface area contributed by atoms with Crippen LogP contribution in [-0.4, -0.2) is 19.9 Å². The highest BCUT2D eigenvalue weighted by Gasteiger charge is 2.26. The van der Waals surface area contributed by atoms with Crippen molar-refractivity contribution in [3.8, 4) is 0 Å². The minimum absolute atomic E-state index is 0.0887. The summed E-state index contributed by atoms with van der Waals surface area (Å²) in [6.45, 7) is 7.24. The van der Waals surface area contributed by atoms with Crippen LogP contribution in [0.4, 0.5) is 11.4 Å². The van der Waals surface area contributed by atoms with Crippen molar-refractivity contribution < 1.29 is 17.6 Å². The number of carbonyl (C=O) groups is 1. The number of anilines is 2. The van der Waals surface area contributed by atoms with Crippen LogP contribution in [0.3, 0.4) is 0 Å². The van der Waals surface area contributed by atoms with Gasteiger partial charge in [0.15, 0.2) is 5.76 Å². The molecular weight excluding hydrogens is 414 g/mol. The van der Waals surface area contributed by atoms with E-state index in [4.69, 9.17) is 4.42 Å². The number of rotatable bonds is 7. The van der Waals surface area contributed by atoms with Crippen molar-refractivity contribution >= 4 is 27.3 Å². The maximum atomic E-state index is 12.5. The van der Waals surface area contributed by atoms with E-state index < -0.39 is 21.5 Å². The van der Waals surface area contributed by atoms with Gasteiger partial charge in [-0.15, -0.1) is 0 Å². The normalized spacial score (nSPS) is 12.9. The van der Waals surface area contributed by atoms with E-state index in [0.29, 0.717) is 5.69 Å². The average Bonchev–Trinajstić information content (AvgIpc) is 3.20. The number of hydrogen-bond donors (Lipinski definition) is 3. The van der Waals surface area contributed by atoms with E-state index in [1.165, 1.54) is 17.7 Å². The number of sulfonamides is 1. The number of furan rings is 1. The summed E-state index contributed by atoms with van der Waals surface area (Å²) in [5.74, 6) is -0.621. The molecular formula is C23H27N3O4S. The summed E-state index contributed by atoms with van der Waals surface area (Å²) in [7, 11) is -3.85. The molecule has 1 atom stereocenters. The van der Waals surface area contributed by atoms with Gasteiger partial charge in [-0.3, -0.25) is 4.79 Å². The molecule has 0 fully saturated rings. The summed E-state index contributed by atoms with van der Waals surface area (Å²) < 4.78 is 32.4. The Kier molecular flexibility index (Phi) is 6.52. The van der Waals surface area contributed by atoms with Crippen LogP contribution in [0.15, 0.2) is 76.2 Å². The van der Waals surface area contributed by atoms with Crippen LogP contribution in [0.25, 0.3) is 0 Å². The first kappa shape index (κ1) is 22.6. The van der Waals surface area contributed by atoms with E-state index in [1.807, 2.05) is 30.3 Å². The zero-order valence-corrected chi connectivity index (χ0v) is 18.8. The van der Waals surface area contributed by atoms with Gasteiger partial charge in [0.05, 0.1) is 0 Å². The van der Waals surface area contributed by atoms with Gasteiger partial charge in [-0.25, -0.2) is 13.1 Å². The number of benzene rings is 2. The van der Waals surface area contributed by atoms with Crippen molar-refractivity contribution in [1.29, 1.82) is 0 Å². The van der Waals surface area contributed by atoms with Crippen molar-refractivity contribution in [1.82, 2.24) is 4.72 Å². The first-order valence-electron chi connectivity index (χ1n) is 9.90. The van der Waals surface area contributed by atoms with Crippen molar-refractivity contribution in [2.75, 3.05) is 10.6 Å². The lowest BCUT2D eigenvalue weighted by atomic mass is 10.1. The summed E-state index contributed by atoms with van der Waals surface area (Å²) in [4.78, 5) is 12.5. The first-order valence-corrected chi connectivity index (χ1v) is 11.4. The second kappa shape index (κ2) is 8.95. The molecule has 164 valence electrons. The summed E-state index contributed by atoms with van der Waals surface area (Å²) in [5, 5.41) is 5.81. The molecule has 1 unspecified atom stereocenters. The molecule has 7 nitrogen and oxygen atoms in total. The van der Waals surface area contributed by atoms with E-state index in [9.17, 15) is 13.2 Å². The van der Waals surface area contributed by atoms with E-state index >= 15 is 0 Å². The second-order valence-electron chi connectivity index (χ2n) is 8.28. The quantitative estimate of drug-likeness (QED) is 0.490. The summed E-state index contributed by atoms with van der Waals surface area (Å²) in [6.07, 6.45) is 0. The van der Waals surface area contributed by atoms with Crippen molar-refractivity contribution in [2.24, 2.45) is 0 Å². The smallest absolute Gasteiger partial charge is 0.291 e. The Morgan fingerprint density at radius 3 is 2.13 bits per heavy atom. The summed E-state index contributed by atoms with van der Waals surface area (Å²) in [5.41, 5.74) is 1.98. The molecule has 1 aromatic heterocycles. The lowest BCUT2D eigenvalue weighted by Gasteiger charge is -2.18. The van der Waals surface area contributed by atoms with Gasteiger partial charge in [-0.05, 0) is 69.7 Å². The minimum atomic E-state index is -3.85. The van der Waals surface area contributed by atoms with Crippen molar-refractivity contribution in [3.63, 3.8) is 0 Å². The highest BCUT2D eigenvalue weighted by atomic mass is 32.2. The van der Waals surface area contributed by atoms with Gasteiger partial charge in [0.1, 0.15) is 0 Å². The zero-order chi connectivity index (χ0) is 22.6. The van der Waals surface area contributed by atoms with Crippen molar-refractivity contribution in [3.05, 3.63) is 78.1 Å². The lowest BCUT2D eigenvalue weighted by Crippen LogP contribution is -2.40. The van der Waals surface area contributed by atoms with Gasteiger partial charge in [0, 0.05) is 23.0 Å². The Labute approximate surface area is 182 Å². The molecule has 2 aromatic carbocycles. The predicted molar refractivity (Wildman–Crippen MR) is 122 cm³/mol. The van der Waals surface area contributed by atoms with Crippen LogP contribution >= 0.6 is 0 Å². The SMILES string of the molecule is CC(Nc1ccc(NC(=O)c2ccc(S(=O)(=O)NC(C)(C)C)o2)cc1)c1ccccc1. The molecule has 1 amide bonds. The molecule has 0 aliphatic heterocycles. The van der Waals surface area contributed by atoms with Crippen LogP contribution in [0.1, 0.15) is 49.9 Å². The molecule has 0 aliphatic rings. The van der Waals surface area contributed by atoms with Gasteiger partial charge in [0.2, 0.25) is 5.09 Å². The molecule has 3 rings (SSSR count). The molecule has 31 heavy (non-hydrogen) atoms. The van der Waals surface area contributed by atoms with Crippen LogP contribution in [0.2, 0.25) is 0 Å². The Hall–Kier alpha value is -3.10. The fourth-order valence-corrected chi connectivity index (χ4v) is 4.31. The summed E-state index contributed by atoms with van der Waals surface area (Å²) in [6, 6.07) is 20.1. The monoisotopic (exact) mass is 441 g/mol. The predicted octanol–water partition coefficient (Wildman–Crippen LogP) is 4.78. The maximum absolute atomic E-state index is 12.5. The molecule has 0 bridgehead atoms. The Morgan fingerprint density at radius 2 is 1.52 bits per heavy atom. The average molecular weight is 442 g/mol. The van der Waals surface area contributed by atoms with Crippen LogP contribution < -0.4 is 15.4 Å². The number of nitrogens with one attached hydrogen (secondary N) is 3. The molecule has 0 radical (unpaired) electrons. The van der Waals surface area contributed by atoms with Gasteiger partial charge in [0.25, 0.3) is 15.9 Å². The highest BCUT2D eigenvalue weighted by molar-refractivity contribution is 7.89. The zero-order valence-electron chi connectivity index (χ0n) is 18.0. The molecule has 8 heteroatoms. The minimum Gasteiger partial charge on any atom is -0.438 e. The molecule has 0 saturated carbocycles. The second-order valence-corrected chi connectivity index (χ2v) is 9.90. The molecule has 1 heterocycles. The van der Waals surface area contributed by atoms with Crippen LogP contribution in [-0.2, 0) is 10.0 Å². The van der Waals surface area contributed by atoms with E-state index in [1.54, 1.807) is 32.9 Å². The van der Waals surface area contributed by atoms with E-state index in [0.717, 1.165) is 5.69 Å². The molecule has 3 N–H and O–H groups in total. The third-order valence-electron chi connectivity index (χ3n) is 4.34. The Morgan fingerprint density at radius 1 is 0.903 bits per heavy atom. The Bertz CT molecular complexity index is 1130. The molecule has 0 aliphatic carbocycles. The standard InChI is InChI=1S/C23H27N3O4S/c1-16(17-8-6-5-7-9-17)24-18-10-12-19(13-11-18)25-22(27)20-14-15-21(30-20)31(28,29)26-23(2,3)4/h5-16,24,26H,1-4H3,(H,25,27). The lowest BCUT2D eigenvalue weighted by molar-refractivity contribution is 0.0991. The number of amides is 1. The van der Waals surface area contributed by atoms with Crippen molar-refractivity contribution in [2.45, 2.75) is 44.4 Å². The fraction of sp³-hybridized carbons (Fsp3) is 0.261. The number of carbonyl (C=O) groups excluding carboxylic acids is 1. The molecule has 3 aromatic rings.